The number of hydrogen-bond donors (Lipinski definition) is 0. The zero-order chi connectivity index (χ0) is 22.0. The number of halogens is 2. The van der Waals surface area contributed by atoms with E-state index in [1.807, 2.05) is 11.8 Å². The predicted octanol–water partition coefficient (Wildman–Crippen LogP) is 5.87. The van der Waals surface area contributed by atoms with Crippen molar-refractivity contribution in [1.82, 2.24) is 4.98 Å². The Bertz CT molecular complexity index is 1170. The van der Waals surface area contributed by atoms with Gasteiger partial charge in [-0.2, -0.15) is 4.98 Å². The van der Waals surface area contributed by atoms with E-state index in [0.717, 1.165) is 19.3 Å². The van der Waals surface area contributed by atoms with Gasteiger partial charge in [0.25, 0.3) is 0 Å². The molecule has 3 aromatic rings. The number of sulfone groups is 1. The molecule has 0 amide bonds. The fourth-order valence-electron chi connectivity index (χ4n) is 3.54. The van der Waals surface area contributed by atoms with Crippen LogP contribution in [0.15, 0.2) is 56.8 Å². The molecule has 0 spiro atoms. The zero-order valence-corrected chi connectivity index (χ0v) is 19.3. The lowest BCUT2D eigenvalue weighted by Crippen LogP contribution is -2.30. The maximum atomic E-state index is 13.5. The molecular weight excluding hydrogens is 459 g/mol. The lowest BCUT2D eigenvalue weighted by molar-refractivity contribution is 0.340. The van der Waals surface area contributed by atoms with Crippen LogP contribution in [-0.4, -0.2) is 33.1 Å². The topological polar surface area (TPSA) is 72.6 Å². The van der Waals surface area contributed by atoms with Crippen molar-refractivity contribution in [2.45, 2.75) is 36.1 Å². The summed E-state index contributed by atoms with van der Waals surface area (Å²) < 4.78 is 38.4. The molecule has 1 aliphatic heterocycles. The molecule has 0 saturated carbocycles. The summed E-state index contributed by atoms with van der Waals surface area (Å²) in [7, 11) is -3.93. The van der Waals surface area contributed by atoms with Crippen LogP contribution in [0.25, 0.3) is 11.5 Å². The minimum atomic E-state index is -3.93. The molecule has 0 aliphatic carbocycles. The van der Waals surface area contributed by atoms with Crippen molar-refractivity contribution in [3.05, 3.63) is 52.5 Å². The molecule has 2 heterocycles. The van der Waals surface area contributed by atoms with Crippen LogP contribution in [0.5, 0.6) is 5.75 Å². The Balaban J connectivity index is 1.81. The molecule has 6 nitrogen and oxygen atoms in total. The highest BCUT2D eigenvalue weighted by molar-refractivity contribution is 7.91. The minimum absolute atomic E-state index is 0.112. The lowest BCUT2D eigenvalue weighted by Gasteiger charge is -2.26. The average molecular weight is 481 g/mol. The molecule has 0 bridgehead atoms. The zero-order valence-electron chi connectivity index (χ0n) is 17.0. The maximum Gasteiger partial charge on any atom is 0.236 e. The standard InChI is InChI=1S/C22H22Cl2N2O4S/c1-2-29-16-7-9-17(10-8-16)31(27,28)21-22(26-12-4-3-5-13-26)30-20(25-21)18-11-6-15(23)14-19(18)24/h6-11,14H,2-5,12-13H2,1H3. The molecule has 4 rings (SSSR count). The van der Waals surface area contributed by atoms with E-state index in [0.29, 0.717) is 41.1 Å². The fraction of sp³-hybridized carbons (Fsp3) is 0.318. The molecule has 164 valence electrons. The molecule has 0 radical (unpaired) electrons. The Kier molecular flexibility index (Phi) is 6.46. The van der Waals surface area contributed by atoms with Gasteiger partial charge in [0.1, 0.15) is 5.75 Å². The third kappa shape index (κ3) is 4.54. The van der Waals surface area contributed by atoms with Gasteiger partial charge >= 0.3 is 0 Å². The second-order valence-corrected chi connectivity index (χ2v) is 9.92. The van der Waals surface area contributed by atoms with Crippen molar-refractivity contribution < 1.29 is 17.6 Å². The number of hydrogen-bond acceptors (Lipinski definition) is 6. The van der Waals surface area contributed by atoms with E-state index in [4.69, 9.17) is 32.4 Å². The molecule has 1 aromatic heterocycles. The van der Waals surface area contributed by atoms with Crippen LogP contribution in [0, 0.1) is 0 Å². The number of rotatable bonds is 6. The van der Waals surface area contributed by atoms with Gasteiger partial charge in [-0.15, -0.1) is 0 Å². The monoisotopic (exact) mass is 480 g/mol. The quantitative estimate of drug-likeness (QED) is 0.439. The van der Waals surface area contributed by atoms with Crippen molar-refractivity contribution in [3.8, 4) is 17.2 Å². The molecule has 9 heteroatoms. The average Bonchev–Trinajstić information content (AvgIpc) is 3.21. The summed E-state index contributed by atoms with van der Waals surface area (Å²) in [6, 6.07) is 11.2. The summed E-state index contributed by atoms with van der Waals surface area (Å²) >= 11 is 12.3. The van der Waals surface area contributed by atoms with Crippen molar-refractivity contribution >= 4 is 38.9 Å². The number of piperidine rings is 1. The third-order valence-electron chi connectivity index (χ3n) is 5.08. The van der Waals surface area contributed by atoms with E-state index in [9.17, 15) is 8.42 Å². The molecular formula is C22H22Cl2N2O4S. The number of anilines is 1. The first-order valence-electron chi connectivity index (χ1n) is 10.1. The predicted molar refractivity (Wildman–Crippen MR) is 121 cm³/mol. The summed E-state index contributed by atoms with van der Waals surface area (Å²) in [5.74, 6) is 0.993. The number of nitrogens with zero attached hydrogens (tertiary/aromatic N) is 2. The first-order valence-corrected chi connectivity index (χ1v) is 12.3. The van der Waals surface area contributed by atoms with Crippen molar-refractivity contribution in [2.24, 2.45) is 0 Å². The van der Waals surface area contributed by atoms with Gasteiger partial charge in [-0.3, -0.25) is 0 Å². The smallest absolute Gasteiger partial charge is 0.236 e. The van der Waals surface area contributed by atoms with E-state index in [-0.39, 0.29) is 21.7 Å². The number of aromatic nitrogens is 1. The van der Waals surface area contributed by atoms with Crippen LogP contribution in [0.2, 0.25) is 10.0 Å². The Morgan fingerprint density at radius 1 is 1.06 bits per heavy atom. The second kappa shape index (κ2) is 9.10. The molecule has 0 unspecified atom stereocenters. The highest BCUT2D eigenvalue weighted by Crippen LogP contribution is 2.38. The van der Waals surface area contributed by atoms with Crippen molar-refractivity contribution in [1.29, 1.82) is 0 Å². The van der Waals surface area contributed by atoms with Crippen LogP contribution in [-0.2, 0) is 9.84 Å². The molecule has 0 atom stereocenters. The molecule has 2 aromatic carbocycles. The van der Waals surface area contributed by atoms with Crippen molar-refractivity contribution in [3.63, 3.8) is 0 Å². The van der Waals surface area contributed by atoms with Gasteiger partial charge in [0.2, 0.25) is 26.6 Å². The second-order valence-electron chi connectivity index (χ2n) is 7.21. The molecule has 1 saturated heterocycles. The Labute approximate surface area is 191 Å². The molecule has 31 heavy (non-hydrogen) atoms. The van der Waals surface area contributed by atoms with E-state index < -0.39 is 9.84 Å². The van der Waals surface area contributed by atoms with E-state index in [1.54, 1.807) is 30.3 Å². The minimum Gasteiger partial charge on any atom is -0.494 e. The fourth-order valence-corrected chi connectivity index (χ4v) is 5.35. The third-order valence-corrected chi connectivity index (χ3v) is 7.30. The molecule has 1 fully saturated rings. The normalized spacial score (nSPS) is 14.6. The van der Waals surface area contributed by atoms with Crippen LogP contribution in [0.4, 0.5) is 5.88 Å². The van der Waals surface area contributed by atoms with Gasteiger partial charge in [0.15, 0.2) is 0 Å². The van der Waals surface area contributed by atoms with Crippen LogP contribution >= 0.6 is 23.2 Å². The van der Waals surface area contributed by atoms with Gasteiger partial charge in [0, 0.05) is 18.1 Å². The molecule has 1 aliphatic rings. The van der Waals surface area contributed by atoms with Gasteiger partial charge in [-0.1, -0.05) is 23.2 Å². The number of ether oxygens (including phenoxy) is 1. The van der Waals surface area contributed by atoms with Gasteiger partial charge in [-0.05, 0) is 68.7 Å². The summed E-state index contributed by atoms with van der Waals surface area (Å²) in [5.41, 5.74) is 0.484. The largest absolute Gasteiger partial charge is 0.494 e. The van der Waals surface area contributed by atoms with Crippen LogP contribution < -0.4 is 9.64 Å². The molecule has 0 N–H and O–H groups in total. The van der Waals surface area contributed by atoms with E-state index in [2.05, 4.69) is 4.98 Å². The van der Waals surface area contributed by atoms with Crippen LogP contribution in [0.3, 0.4) is 0 Å². The highest BCUT2D eigenvalue weighted by Gasteiger charge is 2.32. The summed E-state index contributed by atoms with van der Waals surface area (Å²) in [6.45, 7) is 3.78. The highest BCUT2D eigenvalue weighted by atomic mass is 35.5. The summed E-state index contributed by atoms with van der Waals surface area (Å²) in [6.07, 6.45) is 3.02. The Hall–Kier alpha value is -2.22. The summed E-state index contributed by atoms with van der Waals surface area (Å²) in [4.78, 5) is 6.46. The van der Waals surface area contributed by atoms with E-state index >= 15 is 0 Å². The van der Waals surface area contributed by atoms with Gasteiger partial charge in [-0.25, -0.2) is 8.42 Å². The first kappa shape index (κ1) is 22.0. The van der Waals surface area contributed by atoms with Crippen molar-refractivity contribution in [2.75, 3.05) is 24.6 Å². The van der Waals surface area contributed by atoms with Crippen LogP contribution in [0.1, 0.15) is 26.2 Å². The van der Waals surface area contributed by atoms with Gasteiger partial charge in [0.05, 0.1) is 22.1 Å². The van der Waals surface area contributed by atoms with Gasteiger partial charge < -0.3 is 14.1 Å². The number of oxazole rings is 1. The Morgan fingerprint density at radius 2 is 1.77 bits per heavy atom. The Morgan fingerprint density at radius 3 is 2.42 bits per heavy atom. The lowest BCUT2D eigenvalue weighted by atomic mass is 10.1. The maximum absolute atomic E-state index is 13.5. The first-order chi connectivity index (χ1) is 14.9. The SMILES string of the molecule is CCOc1ccc(S(=O)(=O)c2nc(-c3ccc(Cl)cc3Cl)oc2N2CCCCC2)cc1. The number of benzene rings is 2. The van der Waals surface area contributed by atoms with E-state index in [1.165, 1.54) is 12.1 Å². The summed E-state index contributed by atoms with van der Waals surface area (Å²) in [5, 5.41) is 0.697.